The van der Waals surface area contributed by atoms with Crippen LogP contribution in [0.4, 0.5) is 0 Å². The molecule has 2 N–H and O–H groups in total. The minimum absolute atomic E-state index is 0.624. The lowest BCUT2D eigenvalue weighted by atomic mass is 10.3. The molecule has 0 atom stereocenters. The van der Waals surface area contributed by atoms with Crippen LogP contribution in [-0.2, 0) is 6.54 Å². The summed E-state index contributed by atoms with van der Waals surface area (Å²) in [6, 6.07) is 1.84. The fourth-order valence-corrected chi connectivity index (χ4v) is 1.93. The molecule has 0 aliphatic heterocycles. The van der Waals surface area contributed by atoms with E-state index in [1.165, 1.54) is 0 Å². The van der Waals surface area contributed by atoms with Crippen LogP contribution < -0.4 is 5.73 Å². The number of aryl methyl sites for hydroxylation is 2. The number of nitrogens with two attached hydrogens (primary N) is 1. The van der Waals surface area contributed by atoms with Gasteiger partial charge in [-0.15, -0.1) is 0 Å². The Hall–Kier alpha value is -1.13. The van der Waals surface area contributed by atoms with E-state index in [-0.39, 0.29) is 0 Å². The highest BCUT2D eigenvalue weighted by atomic mass is 35.5. The molecule has 0 saturated carbocycles. The van der Waals surface area contributed by atoms with Crippen LogP contribution in [0, 0.1) is 6.92 Å². The van der Waals surface area contributed by atoms with E-state index >= 15 is 0 Å². The third-order valence-corrected chi connectivity index (χ3v) is 2.78. The molecule has 0 aliphatic carbocycles. The second-order valence-electron chi connectivity index (χ2n) is 3.80. The monoisotopic (exact) mass is 238 g/mol. The Bertz CT molecular complexity index is 492. The van der Waals surface area contributed by atoms with Gasteiger partial charge in [0, 0.05) is 12.7 Å². The number of halogens is 1. The Morgan fingerprint density at radius 1 is 1.44 bits per heavy atom. The molecule has 2 aromatic heterocycles. The number of rotatable bonds is 4. The Morgan fingerprint density at radius 2 is 2.25 bits per heavy atom. The van der Waals surface area contributed by atoms with E-state index in [2.05, 4.69) is 14.5 Å². The maximum Gasteiger partial charge on any atom is 0.160 e. The summed E-state index contributed by atoms with van der Waals surface area (Å²) >= 11 is 5.88. The number of hydrogen-bond acceptors (Lipinski definition) is 3. The molecule has 2 aromatic rings. The van der Waals surface area contributed by atoms with Gasteiger partial charge in [0.25, 0.3) is 0 Å². The molecule has 0 spiro atoms. The number of fused-ring (bicyclic) bond motifs is 1. The molecular formula is C11H15ClN4. The highest BCUT2D eigenvalue weighted by molar-refractivity contribution is 6.31. The van der Waals surface area contributed by atoms with Crippen LogP contribution >= 0.6 is 11.6 Å². The first kappa shape index (κ1) is 11.4. The van der Waals surface area contributed by atoms with Crippen LogP contribution in [0.1, 0.15) is 18.7 Å². The van der Waals surface area contributed by atoms with Crippen molar-refractivity contribution in [2.24, 2.45) is 5.73 Å². The van der Waals surface area contributed by atoms with Crippen LogP contribution in [0.2, 0.25) is 5.02 Å². The molecule has 4 nitrogen and oxygen atoms in total. The van der Waals surface area contributed by atoms with Crippen molar-refractivity contribution in [2.75, 3.05) is 6.54 Å². The summed E-state index contributed by atoms with van der Waals surface area (Å²) in [7, 11) is 0. The fraction of sp³-hybridized carbons (Fsp3) is 0.455. The maximum absolute atomic E-state index is 5.88. The van der Waals surface area contributed by atoms with Crippen molar-refractivity contribution in [3.05, 3.63) is 23.1 Å². The Kier molecular flexibility index (Phi) is 3.41. The number of nitrogens with zero attached hydrogens (tertiary/aromatic N) is 3. The summed E-state index contributed by atoms with van der Waals surface area (Å²) < 4.78 is 2.11. The second-order valence-corrected chi connectivity index (χ2v) is 4.24. The van der Waals surface area contributed by atoms with Crippen LogP contribution in [-0.4, -0.2) is 21.1 Å². The van der Waals surface area contributed by atoms with E-state index in [4.69, 9.17) is 17.3 Å². The molecular weight excluding hydrogens is 224 g/mol. The molecule has 0 bridgehead atoms. The zero-order valence-corrected chi connectivity index (χ0v) is 10.0. The van der Waals surface area contributed by atoms with Gasteiger partial charge in [-0.3, -0.25) is 0 Å². The zero-order valence-electron chi connectivity index (χ0n) is 9.28. The van der Waals surface area contributed by atoms with Crippen molar-refractivity contribution in [3.8, 4) is 0 Å². The van der Waals surface area contributed by atoms with Gasteiger partial charge in [0.1, 0.15) is 11.3 Å². The van der Waals surface area contributed by atoms with E-state index < -0.39 is 0 Å². The summed E-state index contributed by atoms with van der Waals surface area (Å²) in [6.07, 6.45) is 3.73. The lowest BCUT2D eigenvalue weighted by Crippen LogP contribution is -2.05. The largest absolute Gasteiger partial charge is 0.330 e. The zero-order chi connectivity index (χ0) is 11.5. The average Bonchev–Trinajstić information content (AvgIpc) is 2.55. The van der Waals surface area contributed by atoms with Crippen molar-refractivity contribution in [1.82, 2.24) is 14.5 Å². The van der Waals surface area contributed by atoms with Crippen LogP contribution in [0.25, 0.3) is 11.2 Å². The third-order valence-electron chi connectivity index (χ3n) is 2.58. The van der Waals surface area contributed by atoms with Crippen molar-refractivity contribution in [3.63, 3.8) is 0 Å². The van der Waals surface area contributed by atoms with Crippen molar-refractivity contribution in [1.29, 1.82) is 0 Å². The molecule has 2 rings (SSSR count). The highest BCUT2D eigenvalue weighted by Crippen LogP contribution is 2.18. The van der Waals surface area contributed by atoms with Gasteiger partial charge in [0.2, 0.25) is 0 Å². The molecule has 0 radical (unpaired) electrons. The molecule has 5 heteroatoms. The predicted molar refractivity (Wildman–Crippen MR) is 65.6 cm³/mol. The topological polar surface area (TPSA) is 56.7 Å². The summed E-state index contributed by atoms with van der Waals surface area (Å²) in [4.78, 5) is 8.75. The Balaban J connectivity index is 2.32. The van der Waals surface area contributed by atoms with E-state index in [9.17, 15) is 0 Å². The predicted octanol–water partition coefficient (Wildman–Crippen LogP) is 2.13. The molecule has 0 saturated heterocycles. The molecule has 0 fully saturated rings. The SMILES string of the molecule is Cc1nc2cc(Cl)cnc2n1CCCCN. The average molecular weight is 239 g/mol. The maximum atomic E-state index is 5.88. The van der Waals surface area contributed by atoms with Crippen molar-refractivity contribution < 1.29 is 0 Å². The molecule has 86 valence electrons. The minimum Gasteiger partial charge on any atom is -0.330 e. The summed E-state index contributed by atoms with van der Waals surface area (Å²) in [5, 5.41) is 0.624. The van der Waals surface area contributed by atoms with Crippen LogP contribution in [0.3, 0.4) is 0 Å². The number of hydrogen-bond donors (Lipinski definition) is 1. The van der Waals surface area contributed by atoms with Gasteiger partial charge < -0.3 is 10.3 Å². The number of pyridine rings is 1. The molecule has 0 amide bonds. The molecule has 0 aliphatic rings. The second kappa shape index (κ2) is 4.80. The lowest BCUT2D eigenvalue weighted by Gasteiger charge is -2.04. The molecule has 16 heavy (non-hydrogen) atoms. The highest BCUT2D eigenvalue weighted by Gasteiger charge is 2.08. The lowest BCUT2D eigenvalue weighted by molar-refractivity contribution is 0.611. The van der Waals surface area contributed by atoms with Crippen molar-refractivity contribution >= 4 is 22.8 Å². The molecule has 0 aromatic carbocycles. The fourth-order valence-electron chi connectivity index (χ4n) is 1.78. The van der Waals surface area contributed by atoms with E-state index in [0.29, 0.717) is 5.02 Å². The molecule has 0 unspecified atom stereocenters. The van der Waals surface area contributed by atoms with Gasteiger partial charge in [0.15, 0.2) is 5.65 Å². The normalized spacial score (nSPS) is 11.2. The first-order valence-electron chi connectivity index (χ1n) is 5.41. The van der Waals surface area contributed by atoms with Gasteiger partial charge in [-0.1, -0.05) is 11.6 Å². The van der Waals surface area contributed by atoms with Gasteiger partial charge in [-0.25, -0.2) is 9.97 Å². The quantitative estimate of drug-likeness (QED) is 0.831. The number of unbranched alkanes of at least 4 members (excludes halogenated alkanes) is 1. The standard InChI is InChI=1S/C11H15ClN4/c1-8-15-10-6-9(12)7-14-11(10)16(8)5-3-2-4-13/h6-7H,2-5,13H2,1H3. The van der Waals surface area contributed by atoms with Crippen LogP contribution in [0.15, 0.2) is 12.3 Å². The Labute approximate surface area is 99.4 Å². The van der Waals surface area contributed by atoms with E-state index in [0.717, 1.165) is 42.9 Å². The van der Waals surface area contributed by atoms with E-state index in [1.807, 2.05) is 13.0 Å². The first-order valence-corrected chi connectivity index (χ1v) is 5.78. The van der Waals surface area contributed by atoms with Gasteiger partial charge in [0.05, 0.1) is 5.02 Å². The smallest absolute Gasteiger partial charge is 0.160 e. The van der Waals surface area contributed by atoms with Crippen LogP contribution in [0.5, 0.6) is 0 Å². The summed E-state index contributed by atoms with van der Waals surface area (Å²) in [5.74, 6) is 0.974. The Morgan fingerprint density at radius 3 is 3.00 bits per heavy atom. The van der Waals surface area contributed by atoms with Gasteiger partial charge >= 0.3 is 0 Å². The van der Waals surface area contributed by atoms with E-state index in [1.54, 1.807) is 6.20 Å². The summed E-state index contributed by atoms with van der Waals surface area (Å²) in [6.45, 7) is 3.62. The number of aromatic nitrogens is 3. The van der Waals surface area contributed by atoms with Crippen molar-refractivity contribution in [2.45, 2.75) is 26.3 Å². The van der Waals surface area contributed by atoms with Gasteiger partial charge in [-0.2, -0.15) is 0 Å². The summed E-state index contributed by atoms with van der Waals surface area (Å²) in [5.41, 5.74) is 7.24. The first-order chi connectivity index (χ1) is 7.72. The van der Waals surface area contributed by atoms with Gasteiger partial charge in [-0.05, 0) is 32.4 Å². The number of imidazole rings is 1. The molecule has 2 heterocycles. The third kappa shape index (κ3) is 2.18. The minimum atomic E-state index is 0.624.